The van der Waals surface area contributed by atoms with Gasteiger partial charge in [0.05, 0.1) is 6.61 Å². The predicted molar refractivity (Wildman–Crippen MR) is 68.7 cm³/mol. The molecule has 0 saturated heterocycles. The van der Waals surface area contributed by atoms with E-state index in [1.54, 1.807) is 6.92 Å². The Labute approximate surface area is 112 Å². The first-order valence-corrected chi connectivity index (χ1v) is 6.19. The lowest BCUT2D eigenvalue weighted by Gasteiger charge is -2.20. The van der Waals surface area contributed by atoms with E-state index in [1.807, 2.05) is 6.92 Å². The van der Waals surface area contributed by atoms with Gasteiger partial charge in [-0.2, -0.15) is 0 Å². The number of carbonyl (C=O) groups is 2. The Balaban J connectivity index is 2.84. The number of esters is 1. The SMILES string of the molecule is CCCN(CC(=O)OCC)C(=O)c1ncccc1O. The zero-order chi connectivity index (χ0) is 14.3. The van der Waals surface area contributed by atoms with Crippen LogP contribution in [-0.2, 0) is 9.53 Å². The molecule has 1 amide bonds. The number of hydrogen-bond donors (Lipinski definition) is 1. The lowest BCUT2D eigenvalue weighted by Crippen LogP contribution is -2.37. The fourth-order valence-electron chi connectivity index (χ4n) is 1.60. The number of rotatable bonds is 6. The third kappa shape index (κ3) is 4.24. The van der Waals surface area contributed by atoms with Crippen LogP contribution in [0.3, 0.4) is 0 Å². The molecule has 1 rings (SSSR count). The van der Waals surface area contributed by atoms with Crippen molar-refractivity contribution in [3.05, 3.63) is 24.0 Å². The number of ether oxygens (including phenoxy) is 1. The van der Waals surface area contributed by atoms with Gasteiger partial charge in [-0.15, -0.1) is 0 Å². The van der Waals surface area contributed by atoms with E-state index < -0.39 is 11.9 Å². The molecular weight excluding hydrogens is 248 g/mol. The maximum Gasteiger partial charge on any atom is 0.325 e. The topological polar surface area (TPSA) is 79.7 Å². The second-order valence-corrected chi connectivity index (χ2v) is 3.90. The Kier molecular flexibility index (Phi) is 5.78. The van der Waals surface area contributed by atoms with E-state index in [1.165, 1.54) is 23.2 Å². The first-order valence-electron chi connectivity index (χ1n) is 6.19. The minimum absolute atomic E-state index is 0.0553. The van der Waals surface area contributed by atoms with E-state index in [0.29, 0.717) is 13.0 Å². The van der Waals surface area contributed by atoms with Gasteiger partial charge in [0.2, 0.25) is 0 Å². The Hall–Kier alpha value is -2.11. The van der Waals surface area contributed by atoms with Gasteiger partial charge < -0.3 is 14.7 Å². The molecule has 0 atom stereocenters. The van der Waals surface area contributed by atoms with Crippen molar-refractivity contribution in [2.24, 2.45) is 0 Å². The van der Waals surface area contributed by atoms with Crippen LogP contribution in [-0.4, -0.2) is 46.6 Å². The summed E-state index contributed by atoms with van der Waals surface area (Å²) in [7, 11) is 0. The molecule has 0 aliphatic carbocycles. The molecule has 0 unspecified atom stereocenters. The molecule has 6 nitrogen and oxygen atoms in total. The maximum absolute atomic E-state index is 12.2. The smallest absolute Gasteiger partial charge is 0.325 e. The molecular formula is C13H18N2O4. The Morgan fingerprint density at radius 3 is 2.74 bits per heavy atom. The van der Waals surface area contributed by atoms with E-state index in [4.69, 9.17) is 4.74 Å². The van der Waals surface area contributed by atoms with E-state index >= 15 is 0 Å². The highest BCUT2D eigenvalue weighted by Gasteiger charge is 2.22. The Morgan fingerprint density at radius 1 is 1.42 bits per heavy atom. The molecule has 1 N–H and O–H groups in total. The number of aromatic hydroxyl groups is 1. The van der Waals surface area contributed by atoms with Crippen LogP contribution in [0.1, 0.15) is 30.8 Å². The molecule has 0 radical (unpaired) electrons. The minimum Gasteiger partial charge on any atom is -0.505 e. The zero-order valence-electron chi connectivity index (χ0n) is 11.1. The Morgan fingerprint density at radius 2 is 2.16 bits per heavy atom. The average molecular weight is 266 g/mol. The summed E-state index contributed by atoms with van der Waals surface area (Å²) in [4.78, 5) is 28.8. The van der Waals surface area contributed by atoms with Crippen molar-refractivity contribution in [1.82, 2.24) is 9.88 Å². The summed E-state index contributed by atoms with van der Waals surface area (Å²) in [5.74, 6) is -1.15. The number of carbonyl (C=O) groups excluding carboxylic acids is 2. The highest BCUT2D eigenvalue weighted by atomic mass is 16.5. The van der Waals surface area contributed by atoms with Gasteiger partial charge in [0.1, 0.15) is 12.3 Å². The molecule has 0 aliphatic heterocycles. The first kappa shape index (κ1) is 14.9. The predicted octanol–water partition coefficient (Wildman–Crippen LogP) is 1.20. The van der Waals surface area contributed by atoms with Crippen LogP contribution in [0.15, 0.2) is 18.3 Å². The number of pyridine rings is 1. The van der Waals surface area contributed by atoms with Crippen molar-refractivity contribution in [2.75, 3.05) is 19.7 Å². The molecule has 1 aromatic rings. The van der Waals surface area contributed by atoms with Gasteiger partial charge in [-0.25, -0.2) is 4.98 Å². The van der Waals surface area contributed by atoms with Crippen molar-refractivity contribution in [1.29, 1.82) is 0 Å². The quantitative estimate of drug-likeness (QED) is 0.783. The highest BCUT2D eigenvalue weighted by Crippen LogP contribution is 2.15. The normalized spacial score (nSPS) is 10.0. The summed E-state index contributed by atoms with van der Waals surface area (Å²) < 4.78 is 4.82. The average Bonchev–Trinajstić information content (AvgIpc) is 2.38. The third-order valence-electron chi connectivity index (χ3n) is 2.40. The molecule has 6 heteroatoms. The van der Waals surface area contributed by atoms with Gasteiger partial charge >= 0.3 is 5.97 Å². The van der Waals surface area contributed by atoms with Crippen LogP contribution in [0.5, 0.6) is 5.75 Å². The van der Waals surface area contributed by atoms with E-state index in [0.717, 1.165) is 0 Å². The largest absolute Gasteiger partial charge is 0.505 e. The van der Waals surface area contributed by atoms with Crippen LogP contribution < -0.4 is 0 Å². The molecule has 19 heavy (non-hydrogen) atoms. The van der Waals surface area contributed by atoms with Gasteiger partial charge in [-0.1, -0.05) is 6.92 Å². The highest BCUT2D eigenvalue weighted by molar-refractivity contribution is 5.96. The summed E-state index contributed by atoms with van der Waals surface area (Å²) in [6.45, 7) is 4.12. The monoisotopic (exact) mass is 266 g/mol. The van der Waals surface area contributed by atoms with Gasteiger partial charge in [-0.05, 0) is 25.5 Å². The van der Waals surface area contributed by atoms with Crippen LogP contribution in [0.4, 0.5) is 0 Å². The summed E-state index contributed by atoms with van der Waals surface area (Å²) in [6, 6.07) is 2.91. The molecule has 0 bridgehead atoms. The minimum atomic E-state index is -0.479. The molecule has 0 spiro atoms. The summed E-state index contributed by atoms with van der Waals surface area (Å²) >= 11 is 0. The zero-order valence-corrected chi connectivity index (χ0v) is 11.1. The van der Waals surface area contributed by atoms with Crippen LogP contribution in [0, 0.1) is 0 Å². The van der Waals surface area contributed by atoms with Crippen molar-refractivity contribution < 1.29 is 19.4 Å². The van der Waals surface area contributed by atoms with E-state index in [-0.39, 0.29) is 24.6 Å². The van der Waals surface area contributed by atoms with Gasteiger partial charge in [0.25, 0.3) is 5.91 Å². The summed E-state index contributed by atoms with van der Waals surface area (Å²) in [5, 5.41) is 9.61. The van der Waals surface area contributed by atoms with Crippen LogP contribution in [0.25, 0.3) is 0 Å². The molecule has 104 valence electrons. The van der Waals surface area contributed by atoms with Gasteiger partial charge in [0, 0.05) is 12.7 Å². The van der Waals surface area contributed by atoms with E-state index in [9.17, 15) is 14.7 Å². The van der Waals surface area contributed by atoms with Crippen LogP contribution >= 0.6 is 0 Å². The summed E-state index contributed by atoms with van der Waals surface area (Å²) in [5.41, 5.74) is -0.0553. The first-order chi connectivity index (χ1) is 9.10. The number of hydrogen-bond acceptors (Lipinski definition) is 5. The van der Waals surface area contributed by atoms with Crippen molar-refractivity contribution >= 4 is 11.9 Å². The number of amides is 1. The van der Waals surface area contributed by atoms with Crippen molar-refractivity contribution in [3.8, 4) is 5.75 Å². The van der Waals surface area contributed by atoms with Crippen molar-refractivity contribution in [3.63, 3.8) is 0 Å². The lowest BCUT2D eigenvalue weighted by molar-refractivity contribution is -0.143. The molecule has 1 aromatic heterocycles. The van der Waals surface area contributed by atoms with Crippen LogP contribution in [0.2, 0.25) is 0 Å². The molecule has 0 saturated carbocycles. The lowest BCUT2D eigenvalue weighted by atomic mass is 10.2. The van der Waals surface area contributed by atoms with Crippen molar-refractivity contribution in [2.45, 2.75) is 20.3 Å². The standard InChI is InChI=1S/C13H18N2O4/c1-3-8-15(9-11(17)19-4-2)13(18)12-10(16)6-5-7-14-12/h5-7,16H,3-4,8-9H2,1-2H3. The number of nitrogens with zero attached hydrogens (tertiary/aromatic N) is 2. The maximum atomic E-state index is 12.2. The second-order valence-electron chi connectivity index (χ2n) is 3.90. The van der Waals surface area contributed by atoms with Gasteiger partial charge in [0.15, 0.2) is 5.69 Å². The fourth-order valence-corrected chi connectivity index (χ4v) is 1.60. The molecule has 0 aromatic carbocycles. The third-order valence-corrected chi connectivity index (χ3v) is 2.40. The van der Waals surface area contributed by atoms with Gasteiger partial charge in [-0.3, -0.25) is 9.59 Å². The second kappa shape index (κ2) is 7.35. The molecule has 1 heterocycles. The summed E-state index contributed by atoms with van der Waals surface area (Å²) in [6.07, 6.45) is 2.11. The fraction of sp³-hybridized carbons (Fsp3) is 0.462. The molecule has 0 aliphatic rings. The van der Waals surface area contributed by atoms with E-state index in [2.05, 4.69) is 4.98 Å². The number of aromatic nitrogens is 1. The Bertz CT molecular complexity index is 448. The molecule has 0 fully saturated rings.